The summed E-state index contributed by atoms with van der Waals surface area (Å²) in [5.74, 6) is 1.17. The molecule has 2 heteroatoms. The van der Waals surface area contributed by atoms with E-state index in [0.29, 0.717) is 6.04 Å². The van der Waals surface area contributed by atoms with Crippen molar-refractivity contribution in [1.29, 1.82) is 0 Å². The molecule has 0 aromatic heterocycles. The van der Waals surface area contributed by atoms with Gasteiger partial charge in [-0.3, -0.25) is 0 Å². The number of nitrogens with two attached hydrogens (primary N) is 1. The van der Waals surface area contributed by atoms with E-state index in [9.17, 15) is 0 Å². The maximum atomic E-state index is 5.91. The predicted octanol–water partition coefficient (Wildman–Crippen LogP) is 3.18. The van der Waals surface area contributed by atoms with Crippen LogP contribution in [0.25, 0.3) is 0 Å². The topological polar surface area (TPSA) is 26.0 Å². The molecule has 0 amide bonds. The lowest BCUT2D eigenvalue weighted by molar-refractivity contribution is 0.699. The first-order chi connectivity index (χ1) is 6.33. The number of thioether (sulfide) groups is 1. The Labute approximate surface area is 86.8 Å². The van der Waals surface area contributed by atoms with Crippen LogP contribution in [0.15, 0.2) is 0 Å². The minimum atomic E-state index is 0.424. The minimum absolute atomic E-state index is 0.424. The summed E-state index contributed by atoms with van der Waals surface area (Å²) in [6.45, 7) is 2.18. The molecule has 1 saturated carbocycles. The third kappa shape index (κ3) is 4.92. The van der Waals surface area contributed by atoms with Crippen molar-refractivity contribution in [3.8, 4) is 0 Å². The second-order valence-electron chi connectivity index (χ2n) is 4.12. The summed E-state index contributed by atoms with van der Waals surface area (Å²) in [7, 11) is 0. The highest BCUT2D eigenvalue weighted by Gasteiger charge is 2.13. The molecule has 13 heavy (non-hydrogen) atoms. The van der Waals surface area contributed by atoms with E-state index in [1.807, 2.05) is 0 Å². The summed E-state index contributed by atoms with van der Waals surface area (Å²) in [6.07, 6.45) is 9.79. The van der Waals surface area contributed by atoms with Crippen LogP contribution in [0.2, 0.25) is 0 Å². The van der Waals surface area contributed by atoms with Gasteiger partial charge in [0, 0.05) is 17.0 Å². The normalized spacial score (nSPS) is 22.6. The quantitative estimate of drug-likeness (QED) is 0.707. The van der Waals surface area contributed by atoms with Crippen molar-refractivity contribution < 1.29 is 0 Å². The molecule has 1 fully saturated rings. The Balaban J connectivity index is 2.11. The summed E-state index contributed by atoms with van der Waals surface area (Å²) in [4.78, 5) is 0. The Bertz CT molecular complexity index is 119. The number of hydrogen-bond donors (Lipinski definition) is 1. The molecular formula is C11H23NS. The third-order valence-electron chi connectivity index (χ3n) is 2.87. The van der Waals surface area contributed by atoms with E-state index >= 15 is 0 Å². The molecule has 0 aromatic rings. The molecule has 0 heterocycles. The third-order valence-corrected chi connectivity index (χ3v) is 4.44. The monoisotopic (exact) mass is 201 g/mol. The number of hydrogen-bond acceptors (Lipinski definition) is 2. The molecule has 1 atom stereocenters. The van der Waals surface area contributed by atoms with Crippen LogP contribution in [0.5, 0.6) is 0 Å². The van der Waals surface area contributed by atoms with Gasteiger partial charge in [-0.15, -0.1) is 0 Å². The van der Waals surface area contributed by atoms with Crippen LogP contribution in [-0.4, -0.2) is 17.0 Å². The molecule has 1 nitrogen and oxygen atoms in total. The van der Waals surface area contributed by atoms with Crippen molar-refractivity contribution in [3.05, 3.63) is 0 Å². The largest absolute Gasteiger partial charge is 0.327 e. The lowest BCUT2D eigenvalue weighted by atomic mass is 10.2. The summed E-state index contributed by atoms with van der Waals surface area (Å²) >= 11 is 2.12. The van der Waals surface area contributed by atoms with Crippen LogP contribution in [0, 0.1) is 0 Å². The van der Waals surface area contributed by atoms with E-state index < -0.39 is 0 Å². The van der Waals surface area contributed by atoms with Gasteiger partial charge in [-0.2, -0.15) is 11.8 Å². The van der Waals surface area contributed by atoms with Gasteiger partial charge in [0.15, 0.2) is 0 Å². The molecule has 2 N–H and O–H groups in total. The lowest BCUT2D eigenvalue weighted by Crippen LogP contribution is -2.22. The fourth-order valence-corrected chi connectivity index (χ4v) is 3.21. The fourth-order valence-electron chi connectivity index (χ4n) is 1.79. The van der Waals surface area contributed by atoms with Crippen LogP contribution >= 0.6 is 11.8 Å². The zero-order valence-electron chi connectivity index (χ0n) is 8.80. The van der Waals surface area contributed by atoms with Crippen molar-refractivity contribution >= 4 is 11.8 Å². The molecule has 0 radical (unpaired) electrons. The summed E-state index contributed by atoms with van der Waals surface area (Å²) in [5, 5.41) is 0.917. The lowest BCUT2D eigenvalue weighted by Gasteiger charge is -2.15. The molecule has 0 saturated heterocycles. The van der Waals surface area contributed by atoms with Crippen molar-refractivity contribution in [2.24, 2.45) is 5.73 Å². The van der Waals surface area contributed by atoms with E-state index in [0.717, 1.165) is 11.7 Å². The number of rotatable bonds is 4. The Morgan fingerprint density at radius 2 is 1.85 bits per heavy atom. The van der Waals surface area contributed by atoms with Crippen molar-refractivity contribution in [1.82, 2.24) is 0 Å². The van der Waals surface area contributed by atoms with Gasteiger partial charge in [0.1, 0.15) is 0 Å². The molecule has 78 valence electrons. The molecule has 0 aromatic carbocycles. The van der Waals surface area contributed by atoms with Crippen LogP contribution in [0.3, 0.4) is 0 Å². The standard InChI is InChI=1S/C11H23NS/c1-2-10(12)9-13-11-7-5-3-4-6-8-11/h10-11H,2-9,12H2,1H3. The van der Waals surface area contributed by atoms with Crippen molar-refractivity contribution in [3.63, 3.8) is 0 Å². The Hall–Kier alpha value is 0.310. The Morgan fingerprint density at radius 3 is 2.38 bits per heavy atom. The van der Waals surface area contributed by atoms with E-state index in [4.69, 9.17) is 5.73 Å². The highest BCUT2D eigenvalue weighted by atomic mass is 32.2. The van der Waals surface area contributed by atoms with Crippen LogP contribution < -0.4 is 5.73 Å². The van der Waals surface area contributed by atoms with Gasteiger partial charge in [-0.25, -0.2) is 0 Å². The first-order valence-electron chi connectivity index (χ1n) is 5.70. The molecule has 1 rings (SSSR count). The Morgan fingerprint density at radius 1 is 1.23 bits per heavy atom. The Kier molecular flexibility index (Phi) is 5.88. The van der Waals surface area contributed by atoms with E-state index in [2.05, 4.69) is 18.7 Å². The van der Waals surface area contributed by atoms with Gasteiger partial charge in [0.25, 0.3) is 0 Å². The van der Waals surface area contributed by atoms with Crippen LogP contribution in [0.4, 0.5) is 0 Å². The minimum Gasteiger partial charge on any atom is -0.327 e. The molecule has 0 spiro atoms. The maximum Gasteiger partial charge on any atom is 0.0127 e. The second kappa shape index (κ2) is 6.72. The average molecular weight is 201 g/mol. The first kappa shape index (κ1) is 11.4. The second-order valence-corrected chi connectivity index (χ2v) is 5.45. The van der Waals surface area contributed by atoms with Gasteiger partial charge >= 0.3 is 0 Å². The summed E-state index contributed by atoms with van der Waals surface area (Å²) in [5.41, 5.74) is 5.91. The molecular weight excluding hydrogens is 178 g/mol. The smallest absolute Gasteiger partial charge is 0.0127 e. The van der Waals surface area contributed by atoms with E-state index in [-0.39, 0.29) is 0 Å². The van der Waals surface area contributed by atoms with Gasteiger partial charge in [-0.05, 0) is 19.3 Å². The van der Waals surface area contributed by atoms with Crippen LogP contribution in [0.1, 0.15) is 51.9 Å². The fraction of sp³-hybridized carbons (Fsp3) is 1.00. The first-order valence-corrected chi connectivity index (χ1v) is 6.75. The highest BCUT2D eigenvalue weighted by Crippen LogP contribution is 2.27. The SMILES string of the molecule is CCC(N)CSC1CCCCCC1. The molecule has 0 bridgehead atoms. The zero-order valence-corrected chi connectivity index (χ0v) is 9.61. The summed E-state index contributed by atoms with van der Waals surface area (Å²) in [6, 6.07) is 0.424. The van der Waals surface area contributed by atoms with E-state index in [1.165, 1.54) is 44.3 Å². The van der Waals surface area contributed by atoms with Gasteiger partial charge < -0.3 is 5.73 Å². The van der Waals surface area contributed by atoms with Gasteiger partial charge in [0.2, 0.25) is 0 Å². The van der Waals surface area contributed by atoms with Crippen molar-refractivity contribution in [2.45, 2.75) is 63.2 Å². The van der Waals surface area contributed by atoms with Gasteiger partial charge in [0.05, 0.1) is 0 Å². The average Bonchev–Trinajstić information content (AvgIpc) is 2.42. The predicted molar refractivity (Wildman–Crippen MR) is 62.2 cm³/mol. The summed E-state index contributed by atoms with van der Waals surface area (Å²) < 4.78 is 0. The molecule has 1 aliphatic rings. The van der Waals surface area contributed by atoms with Crippen molar-refractivity contribution in [2.75, 3.05) is 5.75 Å². The van der Waals surface area contributed by atoms with E-state index in [1.54, 1.807) is 0 Å². The molecule has 1 unspecified atom stereocenters. The highest BCUT2D eigenvalue weighted by molar-refractivity contribution is 7.99. The maximum absolute atomic E-state index is 5.91. The molecule has 0 aliphatic heterocycles. The molecule has 1 aliphatic carbocycles. The zero-order chi connectivity index (χ0) is 9.52. The van der Waals surface area contributed by atoms with Gasteiger partial charge in [-0.1, -0.05) is 32.6 Å². The van der Waals surface area contributed by atoms with Crippen LogP contribution in [-0.2, 0) is 0 Å².